The van der Waals surface area contributed by atoms with Crippen molar-refractivity contribution >= 4 is 16.9 Å². The maximum atomic E-state index is 10.0. The summed E-state index contributed by atoms with van der Waals surface area (Å²) in [5, 5.41) is 10.0. The van der Waals surface area contributed by atoms with E-state index in [1.54, 1.807) is 19.5 Å². The fourth-order valence-corrected chi connectivity index (χ4v) is 4.12. The summed E-state index contributed by atoms with van der Waals surface area (Å²) >= 11 is 0. The monoisotopic (exact) mass is 467 g/mol. The first-order valence-electron chi connectivity index (χ1n) is 11.5. The lowest BCUT2D eigenvalue weighted by molar-refractivity contribution is 0.122. The van der Waals surface area contributed by atoms with Crippen molar-refractivity contribution in [1.82, 2.24) is 15.0 Å². The molecule has 0 amide bonds. The molecule has 4 aromatic rings. The molecule has 1 saturated heterocycles. The highest BCUT2D eigenvalue weighted by Gasteiger charge is 2.17. The lowest BCUT2D eigenvalue weighted by Gasteiger charge is -2.27. The summed E-state index contributed by atoms with van der Waals surface area (Å²) in [4.78, 5) is 15.8. The maximum absolute atomic E-state index is 10.0. The van der Waals surface area contributed by atoms with Crippen LogP contribution >= 0.6 is 0 Å². The van der Waals surface area contributed by atoms with E-state index in [1.807, 2.05) is 48.5 Å². The van der Waals surface area contributed by atoms with E-state index < -0.39 is 0 Å². The van der Waals surface area contributed by atoms with Gasteiger partial charge in [0.2, 0.25) is 0 Å². The molecule has 0 radical (unpaired) electrons. The van der Waals surface area contributed by atoms with Crippen LogP contribution < -0.4 is 14.4 Å². The molecule has 8 heteroatoms. The first kappa shape index (κ1) is 22.6. The first-order valence-corrected chi connectivity index (χ1v) is 11.5. The number of benzene rings is 2. The summed E-state index contributed by atoms with van der Waals surface area (Å²) in [5.74, 6) is 2.04. The van der Waals surface area contributed by atoms with Gasteiger partial charge in [-0.2, -0.15) is 5.26 Å². The Morgan fingerprint density at radius 1 is 1.06 bits per heavy atom. The number of aromatic nitrogens is 3. The molecule has 5 rings (SSSR count). The molecule has 0 bridgehead atoms. The SMILES string of the molecule is COc1cc(Cc2ccc3ncc(N4CCOCC4)nc3c2C#N)ccc1OCc1ccccn1. The lowest BCUT2D eigenvalue weighted by atomic mass is 9.98. The van der Waals surface area contributed by atoms with Gasteiger partial charge in [0, 0.05) is 19.3 Å². The second-order valence-electron chi connectivity index (χ2n) is 8.18. The van der Waals surface area contributed by atoms with Crippen molar-refractivity contribution in [1.29, 1.82) is 5.26 Å². The molecule has 176 valence electrons. The van der Waals surface area contributed by atoms with Gasteiger partial charge in [0.25, 0.3) is 0 Å². The van der Waals surface area contributed by atoms with E-state index in [4.69, 9.17) is 19.2 Å². The van der Waals surface area contributed by atoms with Crippen molar-refractivity contribution in [2.75, 3.05) is 38.3 Å². The number of nitrogens with zero attached hydrogens (tertiary/aromatic N) is 5. The smallest absolute Gasteiger partial charge is 0.161 e. The summed E-state index contributed by atoms with van der Waals surface area (Å²) < 4.78 is 16.9. The highest BCUT2D eigenvalue weighted by atomic mass is 16.5. The Morgan fingerprint density at radius 3 is 2.71 bits per heavy atom. The van der Waals surface area contributed by atoms with Gasteiger partial charge in [-0.25, -0.2) is 4.98 Å². The molecule has 35 heavy (non-hydrogen) atoms. The van der Waals surface area contributed by atoms with Crippen LogP contribution in [0.5, 0.6) is 11.5 Å². The highest BCUT2D eigenvalue weighted by molar-refractivity contribution is 5.83. The molecule has 1 fully saturated rings. The van der Waals surface area contributed by atoms with Crippen LogP contribution in [0.2, 0.25) is 0 Å². The van der Waals surface area contributed by atoms with Gasteiger partial charge in [0.1, 0.15) is 24.0 Å². The van der Waals surface area contributed by atoms with E-state index in [-0.39, 0.29) is 0 Å². The Morgan fingerprint density at radius 2 is 1.94 bits per heavy atom. The number of methoxy groups -OCH3 is 1. The van der Waals surface area contributed by atoms with Gasteiger partial charge in [-0.3, -0.25) is 9.97 Å². The number of rotatable bonds is 7. The molecular formula is C27H25N5O3. The standard InChI is InChI=1S/C27H25N5O3/c1-33-25-15-19(5-8-24(25)35-18-21-4-2-3-9-29-21)14-20-6-7-23-27(22(20)16-28)31-26(17-30-23)32-10-12-34-13-11-32/h2-9,15,17H,10-14,18H2,1H3. The Hall–Kier alpha value is -4.22. The normalized spacial score (nSPS) is 13.4. The quantitative estimate of drug-likeness (QED) is 0.404. The largest absolute Gasteiger partial charge is 0.493 e. The summed E-state index contributed by atoms with van der Waals surface area (Å²) in [6.07, 6.45) is 4.06. The predicted molar refractivity (Wildman–Crippen MR) is 132 cm³/mol. The van der Waals surface area contributed by atoms with Crippen molar-refractivity contribution in [2.24, 2.45) is 0 Å². The average Bonchev–Trinajstić information content (AvgIpc) is 2.93. The van der Waals surface area contributed by atoms with Crippen LogP contribution in [0.3, 0.4) is 0 Å². The fraction of sp³-hybridized carbons (Fsp3) is 0.259. The van der Waals surface area contributed by atoms with Crippen molar-refractivity contribution in [3.05, 3.63) is 83.3 Å². The number of anilines is 1. The molecule has 2 aromatic heterocycles. The minimum atomic E-state index is 0.351. The van der Waals surface area contributed by atoms with Crippen LogP contribution in [0.4, 0.5) is 5.82 Å². The zero-order chi connectivity index (χ0) is 24.0. The second-order valence-corrected chi connectivity index (χ2v) is 8.18. The van der Waals surface area contributed by atoms with Gasteiger partial charge in [-0.05, 0) is 47.9 Å². The van der Waals surface area contributed by atoms with Crippen molar-refractivity contribution in [2.45, 2.75) is 13.0 Å². The predicted octanol–water partition coefficient (Wildman–Crippen LogP) is 3.91. The van der Waals surface area contributed by atoms with Crippen LogP contribution in [0.1, 0.15) is 22.4 Å². The Balaban J connectivity index is 1.40. The van der Waals surface area contributed by atoms with Gasteiger partial charge in [0.05, 0.1) is 43.3 Å². The van der Waals surface area contributed by atoms with E-state index in [1.165, 1.54) is 0 Å². The average molecular weight is 468 g/mol. The third-order valence-corrected chi connectivity index (χ3v) is 5.96. The van der Waals surface area contributed by atoms with Crippen LogP contribution in [-0.4, -0.2) is 48.4 Å². The van der Waals surface area contributed by atoms with Gasteiger partial charge in [0.15, 0.2) is 11.5 Å². The van der Waals surface area contributed by atoms with Crippen molar-refractivity contribution in [3.8, 4) is 17.6 Å². The van der Waals surface area contributed by atoms with E-state index >= 15 is 0 Å². The fourth-order valence-electron chi connectivity index (χ4n) is 4.12. The summed E-state index contributed by atoms with van der Waals surface area (Å²) in [5.41, 5.74) is 4.60. The molecule has 2 aromatic carbocycles. The Kier molecular flexibility index (Phi) is 6.68. The first-order chi connectivity index (χ1) is 17.2. The molecule has 0 atom stereocenters. The van der Waals surface area contributed by atoms with Gasteiger partial charge < -0.3 is 19.1 Å². The topological polar surface area (TPSA) is 93.4 Å². The molecule has 0 unspecified atom stereocenters. The van der Waals surface area contributed by atoms with Crippen LogP contribution in [0.15, 0.2) is 60.9 Å². The molecule has 0 saturated carbocycles. The van der Waals surface area contributed by atoms with E-state index in [9.17, 15) is 5.26 Å². The maximum Gasteiger partial charge on any atom is 0.161 e. The number of pyridine rings is 1. The number of hydrogen-bond acceptors (Lipinski definition) is 8. The Bertz CT molecular complexity index is 1360. The van der Waals surface area contributed by atoms with Gasteiger partial charge >= 0.3 is 0 Å². The molecular weight excluding hydrogens is 442 g/mol. The van der Waals surface area contributed by atoms with E-state index in [0.29, 0.717) is 54.3 Å². The van der Waals surface area contributed by atoms with Crippen molar-refractivity contribution < 1.29 is 14.2 Å². The molecule has 1 aliphatic rings. The summed E-state index contributed by atoms with van der Waals surface area (Å²) in [6.45, 7) is 3.19. The minimum Gasteiger partial charge on any atom is -0.493 e. The van der Waals surface area contributed by atoms with Gasteiger partial charge in [-0.15, -0.1) is 0 Å². The number of ether oxygens (including phenoxy) is 3. The highest BCUT2D eigenvalue weighted by Crippen LogP contribution is 2.31. The second kappa shape index (κ2) is 10.4. The molecule has 3 heterocycles. The Labute approximate surface area is 203 Å². The van der Waals surface area contributed by atoms with Crippen LogP contribution in [0.25, 0.3) is 11.0 Å². The zero-order valence-electron chi connectivity index (χ0n) is 19.5. The zero-order valence-corrected chi connectivity index (χ0v) is 19.5. The molecule has 0 aliphatic carbocycles. The van der Waals surface area contributed by atoms with Crippen LogP contribution in [-0.2, 0) is 17.8 Å². The number of fused-ring (bicyclic) bond motifs is 1. The number of nitriles is 1. The van der Waals surface area contributed by atoms with E-state index in [2.05, 4.69) is 20.9 Å². The summed E-state index contributed by atoms with van der Waals surface area (Å²) in [6, 6.07) is 17.7. The molecule has 0 N–H and O–H groups in total. The lowest BCUT2D eigenvalue weighted by Crippen LogP contribution is -2.36. The third kappa shape index (κ3) is 5.00. The minimum absolute atomic E-state index is 0.351. The van der Waals surface area contributed by atoms with E-state index in [0.717, 1.165) is 35.7 Å². The molecule has 1 aliphatic heterocycles. The summed E-state index contributed by atoms with van der Waals surface area (Å²) in [7, 11) is 1.62. The van der Waals surface area contributed by atoms with Gasteiger partial charge in [-0.1, -0.05) is 18.2 Å². The van der Waals surface area contributed by atoms with Crippen molar-refractivity contribution in [3.63, 3.8) is 0 Å². The number of morpholine rings is 1. The van der Waals surface area contributed by atoms with Crippen LogP contribution in [0, 0.1) is 11.3 Å². The molecule has 8 nitrogen and oxygen atoms in total. The number of hydrogen-bond donors (Lipinski definition) is 0. The third-order valence-electron chi connectivity index (χ3n) is 5.96. The molecule has 0 spiro atoms.